The van der Waals surface area contributed by atoms with Crippen LogP contribution < -0.4 is 0 Å². The number of Topliss-reactive ketones (excluding diaryl/α,β-unsaturated/α-hetero) is 1. The number of fused-ring (bicyclic) bond motifs is 1. The number of aromatic nitrogens is 2. The molecule has 2 aromatic rings. The van der Waals surface area contributed by atoms with E-state index in [4.69, 9.17) is 11.6 Å². The Morgan fingerprint density at radius 1 is 1.19 bits per heavy atom. The Morgan fingerprint density at radius 2 is 1.90 bits per heavy atom. The quantitative estimate of drug-likeness (QED) is 0.845. The summed E-state index contributed by atoms with van der Waals surface area (Å²) in [5.41, 5.74) is 2.67. The number of carbonyl (C=O) groups excluding carboxylic acids is 1. The first-order valence-corrected chi connectivity index (χ1v) is 7.43. The molecule has 0 atom stereocenters. The van der Waals surface area contributed by atoms with Crippen molar-refractivity contribution in [3.8, 4) is 0 Å². The van der Waals surface area contributed by atoms with Gasteiger partial charge in [-0.15, -0.1) is 0 Å². The molecule has 0 N–H and O–H groups in total. The number of hydrogen-bond acceptors (Lipinski definition) is 3. The van der Waals surface area contributed by atoms with Crippen molar-refractivity contribution < 1.29 is 4.79 Å². The van der Waals surface area contributed by atoms with Gasteiger partial charge in [0, 0.05) is 24.1 Å². The van der Waals surface area contributed by atoms with Gasteiger partial charge in [0.05, 0.1) is 11.3 Å². The summed E-state index contributed by atoms with van der Waals surface area (Å²) >= 11 is 5.89. The Hall–Kier alpha value is -1.74. The van der Waals surface area contributed by atoms with E-state index in [1.54, 1.807) is 6.20 Å². The van der Waals surface area contributed by atoms with E-state index in [-0.39, 0.29) is 11.2 Å². The number of hydrogen-bond donors (Lipinski definition) is 0. The van der Waals surface area contributed by atoms with Gasteiger partial charge in [-0.25, -0.2) is 9.97 Å². The van der Waals surface area contributed by atoms with Crippen molar-refractivity contribution >= 4 is 17.4 Å². The van der Waals surface area contributed by atoms with Gasteiger partial charge in [-0.1, -0.05) is 37.6 Å². The summed E-state index contributed by atoms with van der Waals surface area (Å²) in [5, 5.41) is 0.720. The highest BCUT2D eigenvalue weighted by Gasteiger charge is 2.32. The SMILES string of the molecule is CC1(C)CC(=O)c2cnc(Cc3ccc(Cl)cc3)nc2C1. The van der Waals surface area contributed by atoms with Crippen molar-refractivity contribution in [1.82, 2.24) is 9.97 Å². The topological polar surface area (TPSA) is 42.9 Å². The molecular weight excluding hydrogens is 284 g/mol. The van der Waals surface area contributed by atoms with Gasteiger partial charge in [-0.3, -0.25) is 4.79 Å². The summed E-state index contributed by atoms with van der Waals surface area (Å²) in [6, 6.07) is 7.67. The summed E-state index contributed by atoms with van der Waals surface area (Å²) in [6.45, 7) is 4.21. The average Bonchev–Trinajstić information content (AvgIpc) is 2.39. The molecule has 1 aliphatic carbocycles. The van der Waals surface area contributed by atoms with Crippen LogP contribution in [0.5, 0.6) is 0 Å². The van der Waals surface area contributed by atoms with Crippen LogP contribution in [-0.2, 0) is 12.8 Å². The molecule has 108 valence electrons. The molecule has 4 heteroatoms. The van der Waals surface area contributed by atoms with E-state index in [0.717, 1.165) is 28.5 Å². The third-order valence-electron chi connectivity index (χ3n) is 3.78. The molecule has 0 bridgehead atoms. The van der Waals surface area contributed by atoms with Crippen LogP contribution >= 0.6 is 11.6 Å². The Labute approximate surface area is 129 Å². The Morgan fingerprint density at radius 3 is 2.62 bits per heavy atom. The third-order valence-corrected chi connectivity index (χ3v) is 4.03. The van der Waals surface area contributed by atoms with Crippen LogP contribution in [0.4, 0.5) is 0 Å². The Balaban J connectivity index is 1.89. The number of carbonyl (C=O) groups is 1. The lowest BCUT2D eigenvalue weighted by Gasteiger charge is -2.29. The van der Waals surface area contributed by atoms with Crippen molar-refractivity contribution in [2.24, 2.45) is 5.41 Å². The van der Waals surface area contributed by atoms with E-state index in [1.165, 1.54) is 0 Å². The molecule has 0 saturated heterocycles. The van der Waals surface area contributed by atoms with Crippen molar-refractivity contribution in [3.05, 3.63) is 58.1 Å². The van der Waals surface area contributed by atoms with Crippen LogP contribution in [0.25, 0.3) is 0 Å². The number of rotatable bonds is 2. The minimum Gasteiger partial charge on any atom is -0.294 e. The van der Waals surface area contributed by atoms with Gasteiger partial charge in [0.2, 0.25) is 0 Å². The molecule has 0 aliphatic heterocycles. The summed E-state index contributed by atoms with van der Waals surface area (Å²) < 4.78 is 0. The zero-order valence-electron chi connectivity index (χ0n) is 12.2. The lowest BCUT2D eigenvalue weighted by molar-refractivity contribution is 0.0909. The standard InChI is InChI=1S/C17H17ClN2O/c1-17(2)8-14-13(15(21)9-17)10-19-16(20-14)7-11-3-5-12(18)6-4-11/h3-6,10H,7-9H2,1-2H3. The maximum absolute atomic E-state index is 12.1. The molecule has 1 aliphatic rings. The summed E-state index contributed by atoms with van der Waals surface area (Å²) in [7, 11) is 0. The Bertz CT molecular complexity index is 692. The minimum absolute atomic E-state index is 0.0179. The second kappa shape index (κ2) is 5.23. The largest absolute Gasteiger partial charge is 0.294 e. The minimum atomic E-state index is -0.0179. The molecular formula is C17H17ClN2O. The molecule has 21 heavy (non-hydrogen) atoms. The third kappa shape index (κ3) is 3.13. The van der Waals surface area contributed by atoms with Gasteiger partial charge < -0.3 is 0 Å². The fourth-order valence-corrected chi connectivity index (χ4v) is 2.87. The molecule has 0 spiro atoms. The van der Waals surface area contributed by atoms with Gasteiger partial charge in [-0.05, 0) is 29.5 Å². The van der Waals surface area contributed by atoms with Crippen LogP contribution in [0.15, 0.2) is 30.5 Å². The van der Waals surface area contributed by atoms with Crippen molar-refractivity contribution in [2.45, 2.75) is 33.1 Å². The molecule has 0 fully saturated rings. The van der Waals surface area contributed by atoms with Crippen LogP contribution in [0.2, 0.25) is 5.02 Å². The molecule has 0 amide bonds. The van der Waals surface area contributed by atoms with Gasteiger partial charge in [0.1, 0.15) is 5.82 Å². The zero-order valence-corrected chi connectivity index (χ0v) is 12.9. The van der Waals surface area contributed by atoms with E-state index < -0.39 is 0 Å². The molecule has 3 rings (SSSR count). The molecule has 1 aromatic heterocycles. The first kappa shape index (κ1) is 14.2. The van der Waals surface area contributed by atoms with Crippen LogP contribution in [0, 0.1) is 5.41 Å². The second-order valence-electron chi connectivity index (χ2n) is 6.39. The monoisotopic (exact) mass is 300 g/mol. The van der Waals surface area contributed by atoms with Gasteiger partial charge in [0.25, 0.3) is 0 Å². The zero-order chi connectivity index (χ0) is 15.0. The highest BCUT2D eigenvalue weighted by atomic mass is 35.5. The molecule has 1 aromatic carbocycles. The fourth-order valence-electron chi connectivity index (χ4n) is 2.74. The normalized spacial score (nSPS) is 16.6. The lowest BCUT2D eigenvalue weighted by Crippen LogP contribution is -2.28. The maximum atomic E-state index is 12.1. The fraction of sp³-hybridized carbons (Fsp3) is 0.353. The maximum Gasteiger partial charge on any atom is 0.166 e. The van der Waals surface area contributed by atoms with E-state index in [0.29, 0.717) is 18.4 Å². The van der Waals surface area contributed by atoms with Gasteiger partial charge in [0.15, 0.2) is 5.78 Å². The molecule has 0 saturated carbocycles. The smallest absolute Gasteiger partial charge is 0.166 e. The van der Waals surface area contributed by atoms with E-state index in [9.17, 15) is 4.79 Å². The summed E-state index contributed by atoms with van der Waals surface area (Å²) in [6.07, 6.45) is 3.73. The first-order valence-electron chi connectivity index (χ1n) is 7.05. The highest BCUT2D eigenvalue weighted by molar-refractivity contribution is 6.30. The number of ketones is 1. The van der Waals surface area contributed by atoms with Crippen LogP contribution in [0.1, 0.15) is 47.7 Å². The van der Waals surface area contributed by atoms with Crippen LogP contribution in [0.3, 0.4) is 0 Å². The summed E-state index contributed by atoms with van der Waals surface area (Å²) in [5.74, 6) is 0.904. The number of halogens is 1. The van der Waals surface area contributed by atoms with E-state index in [2.05, 4.69) is 23.8 Å². The number of nitrogens with zero attached hydrogens (tertiary/aromatic N) is 2. The van der Waals surface area contributed by atoms with E-state index in [1.807, 2.05) is 24.3 Å². The molecule has 3 nitrogen and oxygen atoms in total. The lowest BCUT2D eigenvalue weighted by atomic mass is 9.76. The Kier molecular flexibility index (Phi) is 3.54. The molecule has 0 radical (unpaired) electrons. The average molecular weight is 301 g/mol. The van der Waals surface area contributed by atoms with Crippen molar-refractivity contribution in [3.63, 3.8) is 0 Å². The van der Waals surface area contributed by atoms with Gasteiger partial charge >= 0.3 is 0 Å². The first-order chi connectivity index (χ1) is 9.93. The predicted molar refractivity (Wildman–Crippen MR) is 82.7 cm³/mol. The number of benzene rings is 1. The molecule has 1 heterocycles. The van der Waals surface area contributed by atoms with E-state index >= 15 is 0 Å². The second-order valence-corrected chi connectivity index (χ2v) is 6.83. The predicted octanol–water partition coefficient (Wildman–Crippen LogP) is 3.88. The van der Waals surface area contributed by atoms with Gasteiger partial charge in [-0.2, -0.15) is 0 Å². The van der Waals surface area contributed by atoms with Crippen molar-refractivity contribution in [1.29, 1.82) is 0 Å². The van der Waals surface area contributed by atoms with Crippen molar-refractivity contribution in [2.75, 3.05) is 0 Å². The summed E-state index contributed by atoms with van der Waals surface area (Å²) in [4.78, 5) is 21.1. The van der Waals surface area contributed by atoms with Crippen LogP contribution in [-0.4, -0.2) is 15.8 Å². The molecule has 0 unspecified atom stereocenters. The highest BCUT2D eigenvalue weighted by Crippen LogP contribution is 2.33.